The molecule has 0 spiro atoms. The van der Waals surface area contributed by atoms with Gasteiger partial charge in [-0.1, -0.05) is 17.7 Å². The molecule has 2 unspecified atom stereocenters. The molecule has 1 aromatic carbocycles. The van der Waals surface area contributed by atoms with Crippen molar-refractivity contribution in [3.8, 4) is 5.75 Å². The topological polar surface area (TPSA) is 44.7 Å². The Morgan fingerprint density at radius 3 is 2.48 bits per heavy atom. The molecular weight excluding hydrogens is 312 g/mol. The van der Waals surface area contributed by atoms with Crippen molar-refractivity contribution in [2.45, 2.75) is 51.4 Å². The molecule has 0 bridgehead atoms. The first kappa shape index (κ1) is 18.5. The minimum absolute atomic E-state index is 0.0152. The lowest BCUT2D eigenvalue weighted by atomic mass is 10.0. The first-order chi connectivity index (χ1) is 10.8. The van der Waals surface area contributed by atoms with Crippen LogP contribution in [0.3, 0.4) is 0 Å². The van der Waals surface area contributed by atoms with Gasteiger partial charge in [-0.2, -0.15) is 0 Å². The predicted octanol–water partition coefficient (Wildman–Crippen LogP) is 3.23. The summed E-state index contributed by atoms with van der Waals surface area (Å²) in [4.78, 5) is 2.39. The molecule has 2 N–H and O–H groups in total. The zero-order valence-electron chi connectivity index (χ0n) is 14.6. The number of halogens is 1. The Bertz CT molecular complexity index is 510. The summed E-state index contributed by atoms with van der Waals surface area (Å²) >= 11 is 6.33. The van der Waals surface area contributed by atoms with E-state index in [1.807, 2.05) is 46.0 Å². The maximum Gasteiger partial charge on any atom is 0.138 e. The van der Waals surface area contributed by atoms with Crippen molar-refractivity contribution >= 4 is 11.6 Å². The Morgan fingerprint density at radius 1 is 1.30 bits per heavy atom. The number of likely N-dealkylation sites (tertiary alicyclic amines) is 1. The van der Waals surface area contributed by atoms with Gasteiger partial charge in [0.1, 0.15) is 11.4 Å². The van der Waals surface area contributed by atoms with Crippen LogP contribution in [0.25, 0.3) is 0 Å². The van der Waals surface area contributed by atoms with Crippen LogP contribution in [-0.4, -0.2) is 48.3 Å². The maximum atomic E-state index is 10.7. The number of hydrogen-bond acceptors (Lipinski definition) is 4. The number of nitrogens with zero attached hydrogens (tertiary/aromatic N) is 1. The molecule has 0 aliphatic carbocycles. The number of rotatable bonds is 6. The molecule has 1 aliphatic rings. The molecular formula is C18H29ClN2O2. The molecule has 1 heterocycles. The third-order valence-electron chi connectivity index (χ3n) is 4.12. The summed E-state index contributed by atoms with van der Waals surface area (Å²) in [6.45, 7) is 9.03. The van der Waals surface area contributed by atoms with Crippen LogP contribution in [0.2, 0.25) is 5.02 Å². The highest BCUT2D eigenvalue weighted by Crippen LogP contribution is 2.31. The lowest BCUT2D eigenvalue weighted by Crippen LogP contribution is -2.42. The van der Waals surface area contributed by atoms with E-state index in [-0.39, 0.29) is 11.6 Å². The van der Waals surface area contributed by atoms with Crippen molar-refractivity contribution in [1.29, 1.82) is 0 Å². The van der Waals surface area contributed by atoms with Crippen molar-refractivity contribution in [3.63, 3.8) is 0 Å². The summed E-state index contributed by atoms with van der Waals surface area (Å²) < 4.78 is 5.82. The van der Waals surface area contributed by atoms with E-state index in [1.54, 1.807) is 0 Å². The van der Waals surface area contributed by atoms with Crippen molar-refractivity contribution in [2.75, 3.05) is 26.7 Å². The Kier molecular flexibility index (Phi) is 6.32. The summed E-state index contributed by atoms with van der Waals surface area (Å²) in [6, 6.07) is 5.53. The third-order valence-corrected chi connectivity index (χ3v) is 4.41. The Labute approximate surface area is 144 Å². The van der Waals surface area contributed by atoms with Crippen molar-refractivity contribution < 1.29 is 9.84 Å². The first-order valence-corrected chi connectivity index (χ1v) is 8.74. The number of nitrogens with one attached hydrogen (secondary N) is 1. The highest BCUT2D eigenvalue weighted by molar-refractivity contribution is 6.32. The number of benzene rings is 1. The van der Waals surface area contributed by atoms with Gasteiger partial charge in [-0.15, -0.1) is 0 Å². The van der Waals surface area contributed by atoms with E-state index in [0.717, 1.165) is 25.2 Å². The molecule has 5 heteroatoms. The molecule has 1 fully saturated rings. The van der Waals surface area contributed by atoms with Crippen molar-refractivity contribution in [1.82, 2.24) is 10.2 Å². The third kappa shape index (κ3) is 5.35. The summed E-state index contributed by atoms with van der Waals surface area (Å²) in [5, 5.41) is 14.5. The first-order valence-electron chi connectivity index (χ1n) is 8.36. The van der Waals surface area contributed by atoms with Crippen LogP contribution in [0.5, 0.6) is 5.75 Å². The fourth-order valence-electron chi connectivity index (χ4n) is 2.94. The molecule has 23 heavy (non-hydrogen) atoms. The van der Waals surface area contributed by atoms with E-state index in [0.29, 0.717) is 10.8 Å². The second kappa shape index (κ2) is 7.84. The van der Waals surface area contributed by atoms with Crippen LogP contribution >= 0.6 is 11.6 Å². The van der Waals surface area contributed by atoms with E-state index >= 15 is 0 Å². The molecule has 1 aliphatic heterocycles. The van der Waals surface area contributed by atoms with E-state index in [2.05, 4.69) is 10.2 Å². The van der Waals surface area contributed by atoms with Crippen LogP contribution in [-0.2, 0) is 0 Å². The van der Waals surface area contributed by atoms with Gasteiger partial charge in [0.25, 0.3) is 0 Å². The largest absolute Gasteiger partial charge is 0.487 e. The molecule has 0 aromatic heterocycles. The van der Waals surface area contributed by atoms with Gasteiger partial charge in [-0.3, -0.25) is 0 Å². The number of likely N-dealkylation sites (N-methyl/N-ethyl adjacent to an activating group) is 1. The molecule has 4 nitrogen and oxygen atoms in total. The molecule has 0 saturated carbocycles. The Morgan fingerprint density at radius 2 is 1.96 bits per heavy atom. The quantitative estimate of drug-likeness (QED) is 0.834. The fraction of sp³-hybridized carbons (Fsp3) is 0.667. The van der Waals surface area contributed by atoms with Crippen LogP contribution in [0, 0.1) is 0 Å². The van der Waals surface area contributed by atoms with Crippen LogP contribution in [0.4, 0.5) is 0 Å². The van der Waals surface area contributed by atoms with Gasteiger partial charge in [0.2, 0.25) is 0 Å². The second-order valence-electron chi connectivity index (χ2n) is 7.25. The SMILES string of the molecule is CNC(CN1CCCC1)C(O)c1ccc(OC(C)(C)C)c(Cl)c1. The average Bonchev–Trinajstić information content (AvgIpc) is 2.98. The fourth-order valence-corrected chi connectivity index (χ4v) is 3.17. The smallest absolute Gasteiger partial charge is 0.138 e. The van der Waals surface area contributed by atoms with Gasteiger partial charge in [-0.25, -0.2) is 0 Å². The van der Waals surface area contributed by atoms with Crippen LogP contribution in [0.1, 0.15) is 45.3 Å². The van der Waals surface area contributed by atoms with E-state index < -0.39 is 6.10 Å². The van der Waals surface area contributed by atoms with Gasteiger partial charge in [0.15, 0.2) is 0 Å². The van der Waals surface area contributed by atoms with E-state index in [9.17, 15) is 5.11 Å². The normalized spacial score (nSPS) is 18.9. The van der Waals surface area contributed by atoms with Crippen LogP contribution in [0.15, 0.2) is 18.2 Å². The Balaban J connectivity index is 2.08. The number of aliphatic hydroxyl groups is 1. The predicted molar refractivity (Wildman–Crippen MR) is 95.3 cm³/mol. The highest BCUT2D eigenvalue weighted by Gasteiger charge is 2.24. The molecule has 0 radical (unpaired) electrons. The van der Waals surface area contributed by atoms with Gasteiger partial charge in [0, 0.05) is 12.6 Å². The summed E-state index contributed by atoms with van der Waals surface area (Å²) in [6.07, 6.45) is 1.90. The summed E-state index contributed by atoms with van der Waals surface area (Å²) in [5.74, 6) is 0.649. The molecule has 2 atom stereocenters. The number of ether oxygens (including phenoxy) is 1. The summed E-state index contributed by atoms with van der Waals surface area (Å²) in [5.41, 5.74) is 0.516. The molecule has 0 amide bonds. The second-order valence-corrected chi connectivity index (χ2v) is 7.66. The van der Waals surface area contributed by atoms with Crippen molar-refractivity contribution in [3.05, 3.63) is 28.8 Å². The van der Waals surface area contributed by atoms with Crippen molar-refractivity contribution in [2.24, 2.45) is 0 Å². The minimum atomic E-state index is -0.596. The van der Waals surface area contributed by atoms with E-state index in [1.165, 1.54) is 12.8 Å². The monoisotopic (exact) mass is 340 g/mol. The lowest BCUT2D eigenvalue weighted by molar-refractivity contribution is 0.110. The lowest BCUT2D eigenvalue weighted by Gasteiger charge is -2.28. The summed E-state index contributed by atoms with van der Waals surface area (Å²) in [7, 11) is 1.89. The molecule has 1 aromatic rings. The molecule has 2 rings (SSSR count). The highest BCUT2D eigenvalue weighted by atomic mass is 35.5. The van der Waals surface area contributed by atoms with Crippen LogP contribution < -0.4 is 10.1 Å². The number of hydrogen-bond donors (Lipinski definition) is 2. The minimum Gasteiger partial charge on any atom is -0.487 e. The zero-order valence-corrected chi connectivity index (χ0v) is 15.4. The average molecular weight is 341 g/mol. The Hall–Kier alpha value is -0.810. The van der Waals surface area contributed by atoms with Gasteiger partial charge in [-0.05, 0) is 71.4 Å². The van der Waals surface area contributed by atoms with E-state index in [4.69, 9.17) is 16.3 Å². The number of aliphatic hydroxyl groups excluding tert-OH is 1. The molecule has 130 valence electrons. The molecule has 1 saturated heterocycles. The maximum absolute atomic E-state index is 10.7. The van der Waals surface area contributed by atoms with Gasteiger partial charge in [0.05, 0.1) is 11.1 Å². The zero-order chi connectivity index (χ0) is 17.0. The van der Waals surface area contributed by atoms with Gasteiger partial charge < -0.3 is 20.1 Å². The standard InChI is InChI=1S/C18H29ClN2O2/c1-18(2,3)23-16-8-7-13(11-14(16)19)17(22)15(20-4)12-21-9-5-6-10-21/h7-8,11,15,17,20,22H,5-6,9-10,12H2,1-4H3. The van der Waals surface area contributed by atoms with Gasteiger partial charge >= 0.3 is 0 Å².